The summed E-state index contributed by atoms with van der Waals surface area (Å²) in [5, 5.41) is 9.57. The minimum atomic E-state index is 0.166. The molecule has 2 rings (SSSR count). The molecule has 0 saturated heterocycles. The zero-order valence-electron chi connectivity index (χ0n) is 9.77. The van der Waals surface area contributed by atoms with Gasteiger partial charge in [0.15, 0.2) is 0 Å². The summed E-state index contributed by atoms with van der Waals surface area (Å²) in [4.78, 5) is 0. The fourth-order valence-electron chi connectivity index (χ4n) is 1.59. The molecule has 0 aliphatic carbocycles. The SMILES string of the molecule is OCCc1ccc(Oc2ccc(Cl)cc2[AsH2])cc1. The van der Waals surface area contributed by atoms with E-state index in [2.05, 4.69) is 0 Å². The number of hydrogen-bond donors (Lipinski definition) is 1. The van der Waals surface area contributed by atoms with Crippen LogP contribution in [0.2, 0.25) is 5.02 Å². The van der Waals surface area contributed by atoms with Crippen LogP contribution in [-0.2, 0) is 6.42 Å². The van der Waals surface area contributed by atoms with Crippen LogP contribution < -0.4 is 9.09 Å². The number of hydrogen-bond acceptors (Lipinski definition) is 2. The fraction of sp³-hybridized carbons (Fsp3) is 0.143. The normalized spacial score (nSPS) is 10.4. The molecule has 0 spiro atoms. The number of aliphatic hydroxyl groups excluding tert-OH is 1. The standard InChI is InChI=1S/C14H14AsClO2/c15-13-9-11(16)3-6-14(13)18-12-4-1-10(2-5-12)7-8-17/h1-6,9,17H,7-8,15H2. The van der Waals surface area contributed by atoms with E-state index in [1.807, 2.05) is 42.5 Å². The first-order valence-corrected chi connectivity index (χ1v) is 7.20. The van der Waals surface area contributed by atoms with Gasteiger partial charge >= 0.3 is 120 Å². The van der Waals surface area contributed by atoms with Gasteiger partial charge in [-0.15, -0.1) is 0 Å². The maximum atomic E-state index is 8.84. The van der Waals surface area contributed by atoms with Gasteiger partial charge in [0.25, 0.3) is 0 Å². The molecule has 0 bridgehead atoms. The van der Waals surface area contributed by atoms with E-state index in [0.717, 1.165) is 26.4 Å². The molecule has 0 heterocycles. The molecule has 1 unspecified atom stereocenters. The molecule has 4 heteroatoms. The van der Waals surface area contributed by atoms with E-state index in [9.17, 15) is 0 Å². The summed E-state index contributed by atoms with van der Waals surface area (Å²) in [7, 11) is 0. The van der Waals surface area contributed by atoms with Crippen LogP contribution in [0.25, 0.3) is 0 Å². The van der Waals surface area contributed by atoms with Crippen LogP contribution in [0.15, 0.2) is 42.5 Å². The van der Waals surface area contributed by atoms with Gasteiger partial charge in [0.1, 0.15) is 0 Å². The molecule has 0 fully saturated rings. The topological polar surface area (TPSA) is 29.5 Å². The Labute approximate surface area is 120 Å². The predicted molar refractivity (Wildman–Crippen MR) is 76.9 cm³/mol. The number of aliphatic hydroxyl groups is 1. The van der Waals surface area contributed by atoms with Crippen LogP contribution in [-0.4, -0.2) is 28.6 Å². The summed E-state index contributed by atoms with van der Waals surface area (Å²) < 4.78 is 6.86. The first-order valence-electron chi connectivity index (χ1n) is 5.62. The molecule has 94 valence electrons. The zero-order valence-corrected chi connectivity index (χ0v) is 12.9. The van der Waals surface area contributed by atoms with Gasteiger partial charge in [0.05, 0.1) is 0 Å². The van der Waals surface area contributed by atoms with Gasteiger partial charge in [0.2, 0.25) is 0 Å². The van der Waals surface area contributed by atoms with Crippen molar-refractivity contribution >= 4 is 32.8 Å². The summed E-state index contributed by atoms with van der Waals surface area (Å²) in [6.45, 7) is 0.166. The van der Waals surface area contributed by atoms with E-state index in [0.29, 0.717) is 6.42 Å². The summed E-state index contributed by atoms with van der Waals surface area (Å²) >= 11 is 7.39. The Bertz CT molecular complexity index is 526. The maximum absolute atomic E-state index is 8.84. The average molecular weight is 325 g/mol. The van der Waals surface area contributed by atoms with Crippen molar-refractivity contribution in [3.8, 4) is 11.5 Å². The number of benzene rings is 2. The molecule has 1 N–H and O–H groups in total. The number of rotatable bonds is 4. The third-order valence-electron chi connectivity index (χ3n) is 2.52. The molecule has 0 aliphatic rings. The van der Waals surface area contributed by atoms with Crippen molar-refractivity contribution < 1.29 is 9.84 Å². The quantitative estimate of drug-likeness (QED) is 0.871. The molecular weight excluding hydrogens is 311 g/mol. The van der Waals surface area contributed by atoms with Crippen molar-refractivity contribution in [1.29, 1.82) is 0 Å². The fourth-order valence-corrected chi connectivity index (χ4v) is 2.70. The third kappa shape index (κ3) is 3.52. The molecule has 0 saturated carbocycles. The van der Waals surface area contributed by atoms with Gasteiger partial charge in [0, 0.05) is 0 Å². The van der Waals surface area contributed by atoms with E-state index in [4.69, 9.17) is 21.4 Å². The summed E-state index contributed by atoms with van der Waals surface area (Å²) in [5.74, 6) is 1.62. The number of ether oxygens (including phenoxy) is 1. The molecule has 2 nitrogen and oxygen atoms in total. The molecule has 0 radical (unpaired) electrons. The molecule has 0 aromatic heterocycles. The summed E-state index contributed by atoms with van der Waals surface area (Å²) in [6.07, 6.45) is 0.670. The van der Waals surface area contributed by atoms with E-state index < -0.39 is 0 Å². The molecular formula is C14H14AsClO2. The molecule has 0 aliphatic heterocycles. The van der Waals surface area contributed by atoms with Gasteiger partial charge in [-0.2, -0.15) is 0 Å². The van der Waals surface area contributed by atoms with Crippen LogP contribution in [0.1, 0.15) is 5.56 Å². The van der Waals surface area contributed by atoms with Crippen LogP contribution in [0, 0.1) is 0 Å². The molecule has 18 heavy (non-hydrogen) atoms. The van der Waals surface area contributed by atoms with E-state index >= 15 is 0 Å². The third-order valence-corrected chi connectivity index (χ3v) is 3.71. The first-order chi connectivity index (χ1) is 8.69. The van der Waals surface area contributed by atoms with Crippen molar-refractivity contribution in [2.24, 2.45) is 0 Å². The van der Waals surface area contributed by atoms with Crippen molar-refractivity contribution in [2.75, 3.05) is 6.61 Å². The Morgan fingerprint density at radius 3 is 2.44 bits per heavy atom. The van der Waals surface area contributed by atoms with Gasteiger partial charge in [-0.3, -0.25) is 0 Å². The van der Waals surface area contributed by atoms with Crippen LogP contribution in [0.3, 0.4) is 0 Å². The van der Waals surface area contributed by atoms with Crippen molar-refractivity contribution in [3.63, 3.8) is 0 Å². The second kappa shape index (κ2) is 6.28. The number of halogens is 1. The van der Waals surface area contributed by atoms with Crippen LogP contribution in [0.4, 0.5) is 0 Å². The monoisotopic (exact) mass is 324 g/mol. The van der Waals surface area contributed by atoms with E-state index in [-0.39, 0.29) is 6.61 Å². The molecule has 2 aromatic rings. The second-order valence-electron chi connectivity index (χ2n) is 3.90. The second-order valence-corrected chi connectivity index (χ2v) is 5.64. The summed E-state index contributed by atoms with van der Waals surface area (Å²) in [5.41, 5.74) is 1.10. The summed E-state index contributed by atoms with van der Waals surface area (Å²) in [6, 6.07) is 13.3. The Hall–Kier alpha value is -0.952. The van der Waals surface area contributed by atoms with Gasteiger partial charge in [-0.25, -0.2) is 0 Å². The predicted octanol–water partition coefficient (Wildman–Crippen LogP) is 1.93. The van der Waals surface area contributed by atoms with Crippen molar-refractivity contribution in [2.45, 2.75) is 6.42 Å². The Morgan fingerprint density at radius 2 is 1.83 bits per heavy atom. The van der Waals surface area contributed by atoms with Gasteiger partial charge < -0.3 is 0 Å². The van der Waals surface area contributed by atoms with Gasteiger partial charge in [-0.1, -0.05) is 0 Å². The van der Waals surface area contributed by atoms with E-state index in [1.54, 1.807) is 0 Å². The van der Waals surface area contributed by atoms with E-state index in [1.165, 1.54) is 16.9 Å². The Morgan fingerprint density at radius 1 is 1.11 bits per heavy atom. The minimum absolute atomic E-state index is 0.166. The Balaban J connectivity index is 2.13. The average Bonchev–Trinajstić information content (AvgIpc) is 2.35. The van der Waals surface area contributed by atoms with Gasteiger partial charge in [-0.05, 0) is 0 Å². The zero-order chi connectivity index (χ0) is 13.0. The molecule has 0 amide bonds. The molecule has 2 aromatic carbocycles. The molecule has 1 atom stereocenters. The van der Waals surface area contributed by atoms with Crippen molar-refractivity contribution in [1.82, 2.24) is 0 Å². The van der Waals surface area contributed by atoms with Crippen molar-refractivity contribution in [3.05, 3.63) is 53.1 Å². The van der Waals surface area contributed by atoms with Crippen LogP contribution in [0.5, 0.6) is 11.5 Å². The first kappa shape index (κ1) is 13.5. The van der Waals surface area contributed by atoms with Crippen LogP contribution >= 0.6 is 11.6 Å². The Kier molecular flexibility index (Phi) is 4.71.